The second kappa shape index (κ2) is 5.00. The molecule has 2 saturated carbocycles. The highest BCUT2D eigenvalue weighted by atomic mass is 16.5. The number of fused-ring (bicyclic) bond motifs is 1. The fourth-order valence-corrected chi connectivity index (χ4v) is 3.21. The van der Waals surface area contributed by atoms with Crippen LogP contribution < -0.4 is 0 Å². The lowest BCUT2D eigenvalue weighted by molar-refractivity contribution is -0.152. The zero-order chi connectivity index (χ0) is 10.7. The van der Waals surface area contributed by atoms with E-state index in [2.05, 4.69) is 0 Å². The summed E-state index contributed by atoms with van der Waals surface area (Å²) in [5, 5.41) is 0. The van der Waals surface area contributed by atoms with E-state index in [0.29, 0.717) is 6.42 Å². The van der Waals surface area contributed by atoms with Crippen molar-refractivity contribution in [3.05, 3.63) is 0 Å². The fourth-order valence-electron chi connectivity index (χ4n) is 3.21. The largest absolute Gasteiger partial charge is 0.462 e. The molecule has 2 aliphatic rings. The SMILES string of the molecule is CCC(=O)OC1CCC2CCCCC2C1. The van der Waals surface area contributed by atoms with Crippen molar-refractivity contribution in [2.45, 2.75) is 64.4 Å². The molecule has 3 atom stereocenters. The van der Waals surface area contributed by atoms with Crippen LogP contribution in [0.5, 0.6) is 0 Å². The van der Waals surface area contributed by atoms with Crippen LogP contribution in [0.4, 0.5) is 0 Å². The summed E-state index contributed by atoms with van der Waals surface area (Å²) in [6.45, 7) is 1.87. The van der Waals surface area contributed by atoms with Gasteiger partial charge in [0.15, 0.2) is 0 Å². The number of hydrogen-bond donors (Lipinski definition) is 0. The average molecular weight is 210 g/mol. The number of hydrogen-bond acceptors (Lipinski definition) is 2. The fraction of sp³-hybridized carbons (Fsp3) is 0.923. The van der Waals surface area contributed by atoms with Crippen LogP contribution in [0.3, 0.4) is 0 Å². The Morgan fingerprint density at radius 1 is 1.13 bits per heavy atom. The molecule has 0 amide bonds. The van der Waals surface area contributed by atoms with Crippen LogP contribution in [0.2, 0.25) is 0 Å². The van der Waals surface area contributed by atoms with Crippen LogP contribution in [0.1, 0.15) is 58.3 Å². The van der Waals surface area contributed by atoms with Gasteiger partial charge in [-0.15, -0.1) is 0 Å². The number of esters is 1. The molecular weight excluding hydrogens is 188 g/mol. The Labute approximate surface area is 92.4 Å². The van der Waals surface area contributed by atoms with E-state index in [4.69, 9.17) is 4.74 Å². The van der Waals surface area contributed by atoms with E-state index in [9.17, 15) is 4.79 Å². The van der Waals surface area contributed by atoms with E-state index in [1.165, 1.54) is 32.1 Å². The molecule has 0 aliphatic heterocycles. The highest BCUT2D eigenvalue weighted by Crippen LogP contribution is 2.41. The van der Waals surface area contributed by atoms with Gasteiger partial charge < -0.3 is 4.74 Å². The minimum atomic E-state index is -0.0192. The predicted molar refractivity (Wildman–Crippen MR) is 59.5 cm³/mol. The second-order valence-electron chi connectivity index (χ2n) is 5.08. The molecule has 0 N–H and O–H groups in total. The van der Waals surface area contributed by atoms with Crippen LogP contribution in [0, 0.1) is 11.8 Å². The maximum Gasteiger partial charge on any atom is 0.305 e. The first-order valence-corrected chi connectivity index (χ1v) is 6.49. The van der Waals surface area contributed by atoms with Gasteiger partial charge in [-0.25, -0.2) is 0 Å². The van der Waals surface area contributed by atoms with Gasteiger partial charge in [-0.1, -0.05) is 32.6 Å². The molecule has 3 unspecified atom stereocenters. The minimum absolute atomic E-state index is 0.0192. The van der Waals surface area contributed by atoms with Crippen molar-refractivity contribution in [3.8, 4) is 0 Å². The summed E-state index contributed by atoms with van der Waals surface area (Å²) in [7, 11) is 0. The maximum absolute atomic E-state index is 11.2. The molecule has 2 aliphatic carbocycles. The van der Waals surface area contributed by atoms with Gasteiger partial charge in [0.25, 0.3) is 0 Å². The third-order valence-corrected chi connectivity index (χ3v) is 4.08. The summed E-state index contributed by atoms with van der Waals surface area (Å²) < 4.78 is 5.45. The zero-order valence-corrected chi connectivity index (χ0v) is 9.71. The van der Waals surface area contributed by atoms with Crippen LogP contribution >= 0.6 is 0 Å². The van der Waals surface area contributed by atoms with E-state index in [1.54, 1.807) is 0 Å². The topological polar surface area (TPSA) is 26.3 Å². The number of rotatable bonds is 2. The Kier molecular flexibility index (Phi) is 3.66. The number of ether oxygens (including phenoxy) is 1. The molecule has 0 heterocycles. The lowest BCUT2D eigenvalue weighted by Gasteiger charge is -2.38. The lowest BCUT2D eigenvalue weighted by atomic mass is 9.70. The van der Waals surface area contributed by atoms with Crippen LogP contribution in [-0.4, -0.2) is 12.1 Å². The summed E-state index contributed by atoms with van der Waals surface area (Å²) in [6, 6.07) is 0. The van der Waals surface area contributed by atoms with Gasteiger partial charge in [0, 0.05) is 6.42 Å². The van der Waals surface area contributed by atoms with E-state index in [-0.39, 0.29) is 12.1 Å². The third kappa shape index (κ3) is 2.73. The maximum atomic E-state index is 11.2. The van der Waals surface area contributed by atoms with Crippen molar-refractivity contribution in [3.63, 3.8) is 0 Å². The summed E-state index contributed by atoms with van der Waals surface area (Å²) in [5.74, 6) is 1.77. The molecule has 2 heteroatoms. The summed E-state index contributed by atoms with van der Waals surface area (Å²) in [4.78, 5) is 11.2. The highest BCUT2D eigenvalue weighted by molar-refractivity contribution is 5.69. The van der Waals surface area contributed by atoms with E-state index < -0.39 is 0 Å². The van der Waals surface area contributed by atoms with E-state index in [1.807, 2.05) is 6.92 Å². The van der Waals surface area contributed by atoms with Gasteiger partial charge in [0.1, 0.15) is 6.10 Å². The van der Waals surface area contributed by atoms with Gasteiger partial charge >= 0.3 is 5.97 Å². The van der Waals surface area contributed by atoms with Crippen molar-refractivity contribution in [1.82, 2.24) is 0 Å². The normalized spacial score (nSPS) is 35.7. The molecule has 0 aromatic heterocycles. The van der Waals surface area contributed by atoms with Crippen LogP contribution in [0.25, 0.3) is 0 Å². The predicted octanol–water partition coefficient (Wildman–Crippen LogP) is 3.30. The summed E-state index contributed by atoms with van der Waals surface area (Å²) >= 11 is 0. The zero-order valence-electron chi connectivity index (χ0n) is 9.71. The molecule has 2 rings (SSSR count). The Balaban J connectivity index is 1.83. The van der Waals surface area contributed by atoms with Crippen LogP contribution in [-0.2, 0) is 9.53 Å². The van der Waals surface area contributed by atoms with E-state index >= 15 is 0 Å². The van der Waals surface area contributed by atoms with Crippen molar-refractivity contribution in [2.24, 2.45) is 11.8 Å². The van der Waals surface area contributed by atoms with Gasteiger partial charge in [-0.05, 0) is 31.1 Å². The molecule has 0 saturated heterocycles. The average Bonchev–Trinajstić information content (AvgIpc) is 2.29. The molecule has 0 aromatic rings. The molecular formula is C13H22O2. The minimum Gasteiger partial charge on any atom is -0.462 e. The lowest BCUT2D eigenvalue weighted by Crippen LogP contribution is -2.32. The van der Waals surface area contributed by atoms with Crippen molar-refractivity contribution >= 4 is 5.97 Å². The Morgan fingerprint density at radius 2 is 1.87 bits per heavy atom. The monoisotopic (exact) mass is 210 g/mol. The third-order valence-electron chi connectivity index (χ3n) is 4.08. The smallest absolute Gasteiger partial charge is 0.305 e. The van der Waals surface area contributed by atoms with Gasteiger partial charge in [-0.2, -0.15) is 0 Å². The summed E-state index contributed by atoms with van der Waals surface area (Å²) in [6.07, 6.45) is 9.86. The molecule has 2 nitrogen and oxygen atoms in total. The number of carbonyl (C=O) groups is 1. The number of carbonyl (C=O) groups excluding carboxylic acids is 1. The van der Waals surface area contributed by atoms with Gasteiger partial charge in [0.05, 0.1) is 0 Å². The highest BCUT2D eigenvalue weighted by Gasteiger charge is 2.33. The quantitative estimate of drug-likeness (QED) is 0.654. The van der Waals surface area contributed by atoms with Gasteiger partial charge in [0.2, 0.25) is 0 Å². The first kappa shape index (κ1) is 11.0. The molecule has 0 aromatic carbocycles. The van der Waals surface area contributed by atoms with Crippen molar-refractivity contribution < 1.29 is 9.53 Å². The van der Waals surface area contributed by atoms with E-state index in [0.717, 1.165) is 24.7 Å². The molecule has 2 fully saturated rings. The van der Waals surface area contributed by atoms with Crippen molar-refractivity contribution in [1.29, 1.82) is 0 Å². The Bertz CT molecular complexity index is 225. The molecule has 15 heavy (non-hydrogen) atoms. The molecule has 86 valence electrons. The Hall–Kier alpha value is -0.530. The first-order valence-electron chi connectivity index (χ1n) is 6.49. The first-order chi connectivity index (χ1) is 7.29. The second-order valence-corrected chi connectivity index (χ2v) is 5.08. The standard InChI is InChI=1S/C13H22O2/c1-2-13(14)15-12-8-7-10-5-3-4-6-11(10)9-12/h10-12H,2-9H2,1H3. The van der Waals surface area contributed by atoms with Crippen LogP contribution in [0.15, 0.2) is 0 Å². The Morgan fingerprint density at radius 3 is 2.60 bits per heavy atom. The van der Waals surface area contributed by atoms with Gasteiger partial charge in [-0.3, -0.25) is 4.79 Å². The molecule has 0 bridgehead atoms. The summed E-state index contributed by atoms with van der Waals surface area (Å²) in [5.41, 5.74) is 0. The molecule has 0 spiro atoms. The molecule has 0 radical (unpaired) electrons. The van der Waals surface area contributed by atoms with Crippen molar-refractivity contribution in [2.75, 3.05) is 0 Å².